The lowest BCUT2D eigenvalue weighted by Gasteiger charge is -2.27. The highest BCUT2D eigenvalue weighted by Crippen LogP contribution is 2.26. The molecule has 0 aromatic carbocycles. The van der Waals surface area contributed by atoms with E-state index in [2.05, 4.69) is 50.4 Å². The molecular weight excluding hydrogens is 344 g/mol. The average molecular weight is 381 g/mol. The lowest BCUT2D eigenvalue weighted by atomic mass is 9.88. The first-order chi connectivity index (χ1) is 13.4. The summed E-state index contributed by atoms with van der Waals surface area (Å²) in [6, 6.07) is 0. The summed E-state index contributed by atoms with van der Waals surface area (Å²) in [4.78, 5) is 15.7. The maximum Gasteiger partial charge on any atom is 0.251 e. The number of carbonyl (C=O) groups excluding carboxylic acids is 1. The highest BCUT2D eigenvalue weighted by atomic mass is 16.2. The summed E-state index contributed by atoms with van der Waals surface area (Å²) in [5.74, 6) is 0.623. The van der Waals surface area contributed by atoms with Crippen LogP contribution >= 0.6 is 0 Å². The number of hydrogen-bond acceptors (Lipinski definition) is 2. The maximum absolute atomic E-state index is 11.8. The van der Waals surface area contributed by atoms with Gasteiger partial charge in [-0.15, -0.1) is 0 Å². The van der Waals surface area contributed by atoms with Crippen LogP contribution in [0.25, 0.3) is 0 Å². The molecule has 1 aliphatic heterocycles. The van der Waals surface area contributed by atoms with Gasteiger partial charge in [-0.2, -0.15) is 0 Å². The first-order valence-corrected chi connectivity index (χ1v) is 10.4. The van der Waals surface area contributed by atoms with E-state index in [1.54, 1.807) is 17.1 Å². The monoisotopic (exact) mass is 380 g/mol. The third-order valence-corrected chi connectivity index (χ3v) is 5.74. The van der Waals surface area contributed by atoms with Gasteiger partial charge in [-0.05, 0) is 63.4 Å². The van der Waals surface area contributed by atoms with Crippen molar-refractivity contribution in [1.82, 2.24) is 9.80 Å². The zero-order valence-electron chi connectivity index (χ0n) is 17.6. The largest absolute Gasteiger partial charge is 0.374 e. The molecule has 1 amide bonds. The number of hydrogen-bond donors (Lipinski definition) is 0. The summed E-state index contributed by atoms with van der Waals surface area (Å²) in [6.07, 6.45) is 16.8. The maximum atomic E-state index is 11.8. The Bertz CT molecular complexity index is 665. The molecule has 2 rings (SSSR count). The van der Waals surface area contributed by atoms with E-state index in [1.165, 1.54) is 31.3 Å². The Labute approximate surface area is 171 Å². The van der Waals surface area contributed by atoms with Gasteiger partial charge in [0.15, 0.2) is 0 Å². The number of nitrogens with zero attached hydrogens (tertiary/aromatic N) is 2. The van der Waals surface area contributed by atoms with Crippen molar-refractivity contribution in [3.63, 3.8) is 0 Å². The molecule has 1 unspecified atom stereocenters. The van der Waals surface area contributed by atoms with Crippen molar-refractivity contribution in [2.75, 3.05) is 20.1 Å². The van der Waals surface area contributed by atoms with Crippen molar-refractivity contribution in [3.8, 4) is 0 Å². The molecule has 0 radical (unpaired) electrons. The molecule has 0 fully saturated rings. The molecule has 0 saturated heterocycles. The summed E-state index contributed by atoms with van der Waals surface area (Å²) in [6.45, 7) is 18.1. The molecule has 0 spiro atoms. The molecule has 0 bridgehead atoms. The average Bonchev–Trinajstić information content (AvgIpc) is 2.93. The lowest BCUT2D eigenvalue weighted by Crippen LogP contribution is -2.25. The number of likely N-dealkylation sites (N-methyl/N-ethyl adjacent to an activating group) is 1. The molecule has 152 valence electrons. The highest BCUT2D eigenvalue weighted by Gasteiger charge is 2.19. The minimum atomic E-state index is -0.00138. The Kier molecular flexibility index (Phi) is 8.56. The minimum absolute atomic E-state index is 0.00138. The van der Waals surface area contributed by atoms with Crippen LogP contribution < -0.4 is 0 Å². The fraction of sp³-hybridized carbons (Fsp3) is 0.480. The fourth-order valence-electron chi connectivity index (χ4n) is 3.82. The molecular formula is C25H36N2O. The number of amides is 1. The molecule has 0 saturated carbocycles. The molecule has 1 heterocycles. The minimum Gasteiger partial charge on any atom is -0.374 e. The quantitative estimate of drug-likeness (QED) is 0.450. The van der Waals surface area contributed by atoms with Crippen LogP contribution in [0.4, 0.5) is 0 Å². The van der Waals surface area contributed by atoms with Gasteiger partial charge in [0.25, 0.3) is 5.91 Å². The van der Waals surface area contributed by atoms with Crippen LogP contribution in [0.3, 0.4) is 0 Å². The van der Waals surface area contributed by atoms with Gasteiger partial charge in [0.05, 0.1) is 0 Å². The summed E-state index contributed by atoms with van der Waals surface area (Å²) in [7, 11) is 2.11. The topological polar surface area (TPSA) is 23.6 Å². The summed E-state index contributed by atoms with van der Waals surface area (Å²) in [5, 5.41) is 0. The molecule has 0 N–H and O–H groups in total. The molecule has 1 atom stereocenters. The predicted octanol–water partition coefficient (Wildman–Crippen LogP) is 5.76. The van der Waals surface area contributed by atoms with Gasteiger partial charge in [0.2, 0.25) is 0 Å². The normalized spacial score (nSPS) is 20.6. The van der Waals surface area contributed by atoms with Gasteiger partial charge < -0.3 is 9.80 Å². The van der Waals surface area contributed by atoms with Crippen molar-refractivity contribution in [2.24, 2.45) is 5.92 Å². The van der Waals surface area contributed by atoms with E-state index in [9.17, 15) is 4.79 Å². The van der Waals surface area contributed by atoms with Crippen LogP contribution in [0.5, 0.6) is 0 Å². The van der Waals surface area contributed by atoms with Crippen LogP contribution in [0.1, 0.15) is 51.4 Å². The van der Waals surface area contributed by atoms with E-state index >= 15 is 0 Å². The van der Waals surface area contributed by atoms with Crippen molar-refractivity contribution in [3.05, 3.63) is 73.2 Å². The van der Waals surface area contributed by atoms with Crippen LogP contribution in [-0.2, 0) is 4.79 Å². The Hall–Kier alpha value is -2.29. The third-order valence-electron chi connectivity index (χ3n) is 5.74. The molecule has 2 aliphatic rings. The molecule has 3 nitrogen and oxygen atoms in total. The Morgan fingerprint density at radius 2 is 1.89 bits per heavy atom. The second kappa shape index (κ2) is 10.9. The first kappa shape index (κ1) is 22.0. The van der Waals surface area contributed by atoms with E-state index in [-0.39, 0.29) is 5.91 Å². The smallest absolute Gasteiger partial charge is 0.251 e. The number of carbonyl (C=O) groups is 1. The molecule has 3 heteroatoms. The fourth-order valence-corrected chi connectivity index (χ4v) is 3.82. The van der Waals surface area contributed by atoms with E-state index in [1.807, 2.05) is 0 Å². The number of rotatable bonds is 10. The molecule has 0 aromatic rings. The second-order valence-electron chi connectivity index (χ2n) is 8.11. The third kappa shape index (κ3) is 6.70. The van der Waals surface area contributed by atoms with Crippen molar-refractivity contribution < 1.29 is 4.79 Å². The van der Waals surface area contributed by atoms with Gasteiger partial charge in [0.1, 0.15) is 0 Å². The molecule has 1 aliphatic carbocycles. The van der Waals surface area contributed by atoms with Crippen LogP contribution in [0, 0.1) is 5.92 Å². The van der Waals surface area contributed by atoms with Crippen molar-refractivity contribution in [1.29, 1.82) is 0 Å². The Balaban J connectivity index is 1.68. The van der Waals surface area contributed by atoms with E-state index in [4.69, 9.17) is 0 Å². The summed E-state index contributed by atoms with van der Waals surface area (Å²) in [5.41, 5.74) is 4.28. The van der Waals surface area contributed by atoms with Gasteiger partial charge in [-0.25, -0.2) is 0 Å². The van der Waals surface area contributed by atoms with E-state index in [0.717, 1.165) is 49.2 Å². The standard InChI is InChI=1S/C25H36N2O/c1-20(18-27-23(4)16-17-25(27)28)12-11-13-22(3)26(5)19-21(2)24-14-9-7-6-8-10-15-24/h6-7,16-17,24H,1-4,8-15,18-19H2,5H3/b7-6+. The molecule has 0 aromatic heterocycles. The summed E-state index contributed by atoms with van der Waals surface area (Å²) < 4.78 is 0. The number of allylic oxidation sites excluding steroid dienone is 4. The van der Waals surface area contributed by atoms with Gasteiger partial charge in [-0.1, -0.05) is 49.6 Å². The van der Waals surface area contributed by atoms with Crippen LogP contribution in [-0.4, -0.2) is 35.8 Å². The highest BCUT2D eigenvalue weighted by molar-refractivity contribution is 5.93. The van der Waals surface area contributed by atoms with Gasteiger partial charge >= 0.3 is 0 Å². The van der Waals surface area contributed by atoms with Gasteiger partial charge in [0, 0.05) is 37.6 Å². The first-order valence-electron chi connectivity index (χ1n) is 10.4. The van der Waals surface area contributed by atoms with E-state index < -0.39 is 0 Å². The summed E-state index contributed by atoms with van der Waals surface area (Å²) >= 11 is 0. The zero-order chi connectivity index (χ0) is 20.5. The van der Waals surface area contributed by atoms with Crippen LogP contribution in [0.2, 0.25) is 0 Å². The van der Waals surface area contributed by atoms with Crippen molar-refractivity contribution in [2.45, 2.75) is 51.4 Å². The lowest BCUT2D eigenvalue weighted by molar-refractivity contribution is -0.122. The van der Waals surface area contributed by atoms with Crippen LogP contribution in [0.15, 0.2) is 73.2 Å². The molecule has 28 heavy (non-hydrogen) atoms. The van der Waals surface area contributed by atoms with Gasteiger partial charge in [-0.3, -0.25) is 4.79 Å². The van der Waals surface area contributed by atoms with E-state index in [0.29, 0.717) is 12.5 Å². The zero-order valence-corrected chi connectivity index (χ0v) is 17.6. The Morgan fingerprint density at radius 3 is 2.61 bits per heavy atom. The second-order valence-corrected chi connectivity index (χ2v) is 8.11. The van der Waals surface area contributed by atoms with Crippen molar-refractivity contribution >= 4 is 5.91 Å². The SMILES string of the molecule is C=C(CCCC(=C)N(C)CC(=C)C1CC/C=C/CCC1)CN1C(=C)C=CC1=O. The predicted molar refractivity (Wildman–Crippen MR) is 120 cm³/mol. The Morgan fingerprint density at radius 1 is 1.14 bits per heavy atom.